The summed E-state index contributed by atoms with van der Waals surface area (Å²) in [6, 6.07) is 6.77. The molecule has 4 aromatic heterocycles. The van der Waals surface area contributed by atoms with Gasteiger partial charge in [0.25, 0.3) is 5.91 Å². The van der Waals surface area contributed by atoms with E-state index in [0.29, 0.717) is 65.7 Å². The second kappa shape index (κ2) is 11.7. The molecule has 7 heterocycles. The number of nitrogen functional groups attached to an aromatic ring is 1. The number of anilines is 1. The van der Waals surface area contributed by atoms with Crippen molar-refractivity contribution in [1.82, 2.24) is 44.5 Å². The number of aromatic nitrogens is 7. The molecular formula is C38H41N11O3. The average Bonchev–Trinajstić information content (AvgIpc) is 4.01. The lowest BCUT2D eigenvalue weighted by Crippen LogP contribution is -2.36. The minimum absolute atomic E-state index is 0.0510. The Morgan fingerprint density at radius 2 is 1.96 bits per heavy atom. The first-order valence-corrected chi connectivity index (χ1v) is 18.6. The largest absolute Gasteiger partial charge is 0.398 e. The number of nitrogens with zero attached hydrogens (tertiary/aromatic N) is 10. The van der Waals surface area contributed by atoms with Crippen molar-refractivity contribution in [1.29, 1.82) is 5.26 Å². The molecule has 266 valence electrons. The van der Waals surface area contributed by atoms with Gasteiger partial charge in [0.15, 0.2) is 34.4 Å². The van der Waals surface area contributed by atoms with E-state index in [1.807, 2.05) is 28.0 Å². The van der Waals surface area contributed by atoms with Crippen LogP contribution < -0.4 is 5.73 Å². The van der Waals surface area contributed by atoms with E-state index in [-0.39, 0.29) is 18.0 Å². The van der Waals surface area contributed by atoms with Crippen LogP contribution in [0.2, 0.25) is 0 Å². The molecule has 52 heavy (non-hydrogen) atoms. The monoisotopic (exact) mass is 699 g/mol. The predicted molar refractivity (Wildman–Crippen MR) is 190 cm³/mol. The van der Waals surface area contributed by atoms with Crippen molar-refractivity contribution in [2.75, 3.05) is 32.5 Å². The molecule has 14 nitrogen and oxygen atoms in total. The number of aryl methyl sites for hydroxylation is 1. The van der Waals surface area contributed by atoms with Gasteiger partial charge in [-0.3, -0.25) is 4.79 Å². The Kier molecular flexibility index (Phi) is 7.10. The van der Waals surface area contributed by atoms with E-state index in [4.69, 9.17) is 40.3 Å². The lowest BCUT2D eigenvalue weighted by Gasteiger charge is -2.41. The minimum atomic E-state index is -0.498. The lowest BCUT2D eigenvalue weighted by atomic mass is 9.61. The normalized spacial score (nSPS) is 24.8. The summed E-state index contributed by atoms with van der Waals surface area (Å²) >= 11 is 0. The minimum Gasteiger partial charge on any atom is -0.398 e. The van der Waals surface area contributed by atoms with Crippen LogP contribution in [-0.4, -0.2) is 89.3 Å². The summed E-state index contributed by atoms with van der Waals surface area (Å²) in [6.45, 7) is 4.96. The van der Waals surface area contributed by atoms with Crippen LogP contribution in [0, 0.1) is 11.3 Å². The first-order chi connectivity index (χ1) is 25.4. The SMILES string of the molecule is C[C@@H]([C@@H]1CCCN1C)n1ncc2c(-n3cc4c(n3)C(=O)N([C@@H]3CCOC3)C4)nc(-c3noc4c3CCC[C@@]43CCCc4ccc(N)c(C#N)c43)nc21. The zero-order valence-electron chi connectivity index (χ0n) is 29.5. The third-order valence-electron chi connectivity index (χ3n) is 12.5. The Balaban J connectivity index is 1.12. The number of likely N-dealkylation sites (tertiary alicyclic amines) is 1. The van der Waals surface area contributed by atoms with Crippen LogP contribution in [-0.2, 0) is 29.5 Å². The van der Waals surface area contributed by atoms with Crippen molar-refractivity contribution in [2.45, 2.75) is 94.8 Å². The summed E-state index contributed by atoms with van der Waals surface area (Å²) in [5, 5.41) is 25.5. The van der Waals surface area contributed by atoms with Gasteiger partial charge >= 0.3 is 0 Å². The van der Waals surface area contributed by atoms with Crippen LogP contribution in [0.1, 0.15) is 102 Å². The van der Waals surface area contributed by atoms with Gasteiger partial charge < -0.3 is 24.8 Å². The highest BCUT2D eigenvalue weighted by molar-refractivity contribution is 5.97. The maximum atomic E-state index is 13.6. The highest BCUT2D eigenvalue weighted by Gasteiger charge is 2.48. The zero-order valence-corrected chi connectivity index (χ0v) is 29.5. The van der Waals surface area contributed by atoms with Gasteiger partial charge in [0.2, 0.25) is 0 Å². The lowest BCUT2D eigenvalue weighted by molar-refractivity contribution is 0.0672. The molecule has 2 N–H and O–H groups in total. The molecule has 0 saturated carbocycles. The number of nitrogens with two attached hydrogens (primary N) is 1. The maximum absolute atomic E-state index is 13.6. The highest BCUT2D eigenvalue weighted by atomic mass is 16.5. The molecule has 4 atom stereocenters. The van der Waals surface area contributed by atoms with Gasteiger partial charge in [-0.15, -0.1) is 0 Å². The van der Waals surface area contributed by atoms with E-state index in [1.165, 1.54) is 0 Å². The number of likely N-dealkylation sites (N-methyl/N-ethyl adjacent to an activating group) is 1. The zero-order chi connectivity index (χ0) is 35.3. The number of hydrogen-bond donors (Lipinski definition) is 1. The fourth-order valence-electron chi connectivity index (χ4n) is 9.96. The Morgan fingerprint density at radius 3 is 2.73 bits per heavy atom. The highest BCUT2D eigenvalue weighted by Crippen LogP contribution is 2.53. The third kappa shape index (κ3) is 4.48. The van der Waals surface area contributed by atoms with Gasteiger partial charge in [-0.1, -0.05) is 11.2 Å². The number of benzene rings is 1. The smallest absolute Gasteiger partial charge is 0.275 e. The van der Waals surface area contributed by atoms with E-state index < -0.39 is 5.41 Å². The Labute approximate surface area is 300 Å². The molecule has 1 aromatic carbocycles. The van der Waals surface area contributed by atoms with E-state index in [9.17, 15) is 10.1 Å². The molecule has 1 amide bonds. The van der Waals surface area contributed by atoms with E-state index in [1.54, 1.807) is 4.68 Å². The van der Waals surface area contributed by atoms with Crippen LogP contribution in [0.4, 0.5) is 5.69 Å². The van der Waals surface area contributed by atoms with Crippen LogP contribution in [0.15, 0.2) is 29.0 Å². The number of carbonyl (C=O) groups excluding carboxylic acids is 1. The summed E-state index contributed by atoms with van der Waals surface area (Å²) in [5.41, 5.74) is 12.6. The summed E-state index contributed by atoms with van der Waals surface area (Å²) in [4.78, 5) is 28.2. The fourth-order valence-corrected chi connectivity index (χ4v) is 9.96. The Hall–Kier alpha value is -5.13. The molecule has 0 bridgehead atoms. The van der Waals surface area contributed by atoms with Crippen molar-refractivity contribution >= 4 is 22.6 Å². The summed E-state index contributed by atoms with van der Waals surface area (Å²) < 4.78 is 15.7. The molecule has 5 aromatic rings. The number of fused-ring (bicyclic) bond motifs is 6. The Morgan fingerprint density at radius 1 is 1.10 bits per heavy atom. The molecule has 0 radical (unpaired) electrons. The molecule has 5 aliphatic rings. The second-order valence-electron chi connectivity index (χ2n) is 15.3. The molecule has 14 heteroatoms. The fraction of sp³-hybridized carbons (Fsp3) is 0.500. The third-order valence-corrected chi connectivity index (χ3v) is 12.5. The first kappa shape index (κ1) is 31.6. The summed E-state index contributed by atoms with van der Waals surface area (Å²) in [7, 11) is 2.17. The van der Waals surface area contributed by atoms with Crippen molar-refractivity contribution in [3.05, 3.63) is 63.8 Å². The number of rotatable bonds is 5. The number of carbonyl (C=O) groups is 1. The van der Waals surface area contributed by atoms with Gasteiger partial charge in [0, 0.05) is 35.7 Å². The second-order valence-corrected chi connectivity index (χ2v) is 15.3. The Bertz CT molecular complexity index is 2310. The molecule has 2 fully saturated rings. The quantitative estimate of drug-likeness (QED) is 0.257. The number of ether oxygens (including phenoxy) is 1. The molecule has 2 saturated heterocycles. The molecule has 3 aliphatic heterocycles. The van der Waals surface area contributed by atoms with Crippen LogP contribution >= 0.6 is 0 Å². The summed E-state index contributed by atoms with van der Waals surface area (Å²) in [6.07, 6.45) is 12.0. The van der Waals surface area contributed by atoms with Crippen molar-refractivity contribution < 1.29 is 14.1 Å². The van der Waals surface area contributed by atoms with Gasteiger partial charge in [-0.25, -0.2) is 19.3 Å². The topological polar surface area (TPSA) is 170 Å². The standard InChI is InChI=1S/C38H41N11O3/c1-21(29-8-5-14-46(29)2)49-36-27(17-41-49)35(48-19-23-18-47(24-11-15-51-20-24)37(50)31(23)44-48)42-34(43-36)32-25-7-4-13-38(33(25)52-45-32)12-3-6-22-9-10-28(40)26(16-39)30(22)38/h9-10,17,19,21,24,29H,3-8,11-15,18,20,40H2,1-2H3/t21-,24+,29-,38+/m0/s1. The van der Waals surface area contributed by atoms with Gasteiger partial charge in [-0.05, 0) is 95.5 Å². The van der Waals surface area contributed by atoms with Crippen molar-refractivity contribution in [2.24, 2.45) is 0 Å². The van der Waals surface area contributed by atoms with Gasteiger partial charge in [0.05, 0.1) is 47.8 Å². The molecule has 2 aliphatic carbocycles. The summed E-state index contributed by atoms with van der Waals surface area (Å²) in [5.74, 6) is 1.68. The maximum Gasteiger partial charge on any atom is 0.275 e. The van der Waals surface area contributed by atoms with Gasteiger partial charge in [-0.2, -0.15) is 15.5 Å². The number of nitriles is 1. The van der Waals surface area contributed by atoms with Crippen molar-refractivity contribution in [3.63, 3.8) is 0 Å². The van der Waals surface area contributed by atoms with Crippen LogP contribution in [0.5, 0.6) is 0 Å². The molecule has 1 spiro atoms. The number of hydrogen-bond acceptors (Lipinski definition) is 11. The van der Waals surface area contributed by atoms with Crippen LogP contribution in [0.3, 0.4) is 0 Å². The van der Waals surface area contributed by atoms with E-state index >= 15 is 0 Å². The van der Waals surface area contributed by atoms with Crippen LogP contribution in [0.25, 0.3) is 28.4 Å². The van der Waals surface area contributed by atoms with Gasteiger partial charge in [0.1, 0.15) is 6.07 Å². The van der Waals surface area contributed by atoms with E-state index in [2.05, 4.69) is 31.0 Å². The molecular weight excluding hydrogens is 658 g/mol. The van der Waals surface area contributed by atoms with E-state index in [0.717, 1.165) is 97.7 Å². The molecule has 0 unspecified atom stereocenters. The average molecular weight is 700 g/mol. The number of amides is 1. The first-order valence-electron chi connectivity index (χ1n) is 18.6. The predicted octanol–water partition coefficient (Wildman–Crippen LogP) is 4.48. The molecule has 10 rings (SSSR count). The van der Waals surface area contributed by atoms with Crippen molar-refractivity contribution in [3.8, 4) is 23.4 Å².